The van der Waals surface area contributed by atoms with Crippen LogP contribution in [0.5, 0.6) is 5.75 Å². The number of nitrogens with one attached hydrogen (secondary N) is 2. The van der Waals surface area contributed by atoms with Crippen molar-refractivity contribution in [2.24, 2.45) is 0 Å². The highest BCUT2D eigenvalue weighted by Gasteiger charge is 2.29. The Labute approximate surface area is 133 Å². The molecule has 0 spiro atoms. The topological polar surface area (TPSA) is 87.7 Å². The largest absolute Gasteiger partial charge is 0.379 e. The van der Waals surface area contributed by atoms with Crippen molar-refractivity contribution in [3.63, 3.8) is 0 Å². The number of likely N-dealkylation sites (tertiary alicyclic amines) is 1. The van der Waals surface area contributed by atoms with Gasteiger partial charge in [-0.3, -0.25) is 14.4 Å². The molecule has 7 nitrogen and oxygen atoms in total. The van der Waals surface area contributed by atoms with E-state index in [1.54, 1.807) is 11.0 Å². The van der Waals surface area contributed by atoms with Gasteiger partial charge in [-0.25, -0.2) is 0 Å². The van der Waals surface area contributed by atoms with Gasteiger partial charge in [0.1, 0.15) is 0 Å². The minimum atomic E-state index is -0.353. The van der Waals surface area contributed by atoms with E-state index >= 15 is 0 Å². The first kappa shape index (κ1) is 15.3. The lowest BCUT2D eigenvalue weighted by molar-refractivity contribution is -0.133. The molecule has 0 bridgehead atoms. The molecule has 3 rings (SSSR count). The number of nitrogens with zero attached hydrogens (tertiary/aromatic N) is 1. The standard InChI is InChI=1S/C16H19N3O4/c20-14(10-19-9-3-6-15(19)21)17-8-7-12-11-4-1-2-5-13(11)23-18-16(12)22/h1-2,4-5,12H,3,6-10H2,(H,17,20)(H,18,22). The highest BCUT2D eigenvalue weighted by atomic mass is 16.7. The third-order valence-corrected chi connectivity index (χ3v) is 4.13. The number of amides is 3. The maximum Gasteiger partial charge on any atom is 0.260 e. The maximum atomic E-state index is 12.0. The van der Waals surface area contributed by atoms with Gasteiger partial charge in [-0.15, -0.1) is 0 Å². The number of para-hydroxylation sites is 1. The third-order valence-electron chi connectivity index (χ3n) is 4.13. The zero-order chi connectivity index (χ0) is 16.2. The van der Waals surface area contributed by atoms with E-state index in [0.717, 1.165) is 12.0 Å². The Kier molecular flexibility index (Phi) is 4.45. The van der Waals surface area contributed by atoms with Crippen molar-refractivity contribution in [3.8, 4) is 5.75 Å². The van der Waals surface area contributed by atoms with E-state index < -0.39 is 0 Å². The molecule has 1 atom stereocenters. The second kappa shape index (κ2) is 6.68. The van der Waals surface area contributed by atoms with Crippen LogP contribution in [-0.2, 0) is 14.4 Å². The van der Waals surface area contributed by atoms with Gasteiger partial charge in [0.2, 0.25) is 11.8 Å². The predicted octanol–water partition coefficient (Wildman–Crippen LogP) is 0.323. The summed E-state index contributed by atoms with van der Waals surface area (Å²) in [6.45, 7) is 1.10. The van der Waals surface area contributed by atoms with Gasteiger partial charge in [-0.1, -0.05) is 18.2 Å². The van der Waals surface area contributed by atoms with Crippen molar-refractivity contribution in [2.75, 3.05) is 19.6 Å². The van der Waals surface area contributed by atoms with Crippen molar-refractivity contribution in [2.45, 2.75) is 25.2 Å². The summed E-state index contributed by atoms with van der Waals surface area (Å²) in [6.07, 6.45) is 1.81. The highest BCUT2D eigenvalue weighted by molar-refractivity contribution is 5.86. The molecule has 0 aromatic heterocycles. The molecule has 1 unspecified atom stereocenters. The van der Waals surface area contributed by atoms with Crippen molar-refractivity contribution in [1.82, 2.24) is 15.7 Å². The molecule has 0 aliphatic carbocycles. The molecular weight excluding hydrogens is 298 g/mol. The van der Waals surface area contributed by atoms with Gasteiger partial charge in [0, 0.05) is 25.1 Å². The first-order valence-corrected chi connectivity index (χ1v) is 7.75. The number of carbonyl (C=O) groups excluding carboxylic acids is 3. The second-order valence-corrected chi connectivity index (χ2v) is 5.72. The first-order valence-electron chi connectivity index (χ1n) is 7.75. The van der Waals surface area contributed by atoms with Crippen molar-refractivity contribution >= 4 is 17.7 Å². The normalized spacial score (nSPS) is 19.8. The lowest BCUT2D eigenvalue weighted by Gasteiger charge is -2.25. The average Bonchev–Trinajstić information content (AvgIpc) is 2.94. The second-order valence-electron chi connectivity index (χ2n) is 5.72. The molecule has 1 fully saturated rings. The molecule has 2 aliphatic heterocycles. The molecule has 0 radical (unpaired) electrons. The summed E-state index contributed by atoms with van der Waals surface area (Å²) in [7, 11) is 0. The number of hydroxylamine groups is 1. The SMILES string of the molecule is O=C(CN1CCCC1=O)NCCC1C(=O)NOc2ccccc21. The Bertz CT molecular complexity index is 632. The number of hydrogen-bond acceptors (Lipinski definition) is 4. The maximum absolute atomic E-state index is 12.0. The van der Waals surface area contributed by atoms with E-state index in [9.17, 15) is 14.4 Å². The van der Waals surface area contributed by atoms with Crippen LogP contribution in [0.2, 0.25) is 0 Å². The average molecular weight is 317 g/mol. The zero-order valence-electron chi connectivity index (χ0n) is 12.7. The summed E-state index contributed by atoms with van der Waals surface area (Å²) in [6, 6.07) is 7.33. The van der Waals surface area contributed by atoms with E-state index in [1.165, 1.54) is 0 Å². The molecule has 7 heteroatoms. The van der Waals surface area contributed by atoms with Crippen molar-refractivity contribution in [1.29, 1.82) is 0 Å². The van der Waals surface area contributed by atoms with E-state index in [2.05, 4.69) is 10.8 Å². The van der Waals surface area contributed by atoms with Crippen LogP contribution in [0.3, 0.4) is 0 Å². The molecule has 2 aliphatic rings. The number of benzene rings is 1. The lowest BCUT2D eigenvalue weighted by Crippen LogP contribution is -2.40. The van der Waals surface area contributed by atoms with Gasteiger partial charge in [0.15, 0.2) is 5.75 Å². The summed E-state index contributed by atoms with van der Waals surface area (Å²) in [4.78, 5) is 42.1. The number of hydrogen-bond donors (Lipinski definition) is 2. The Balaban J connectivity index is 1.51. The van der Waals surface area contributed by atoms with Crippen LogP contribution in [-0.4, -0.2) is 42.3 Å². The molecule has 122 valence electrons. The quantitative estimate of drug-likeness (QED) is 0.819. The fourth-order valence-corrected chi connectivity index (χ4v) is 2.92. The van der Waals surface area contributed by atoms with Crippen molar-refractivity contribution < 1.29 is 19.2 Å². The van der Waals surface area contributed by atoms with Crippen LogP contribution in [0.1, 0.15) is 30.7 Å². The van der Waals surface area contributed by atoms with Crippen molar-refractivity contribution in [3.05, 3.63) is 29.8 Å². The Morgan fingerprint density at radius 3 is 2.96 bits per heavy atom. The van der Waals surface area contributed by atoms with Gasteiger partial charge in [-0.2, -0.15) is 5.48 Å². The summed E-state index contributed by atoms with van der Waals surface area (Å²) >= 11 is 0. The molecule has 1 saturated heterocycles. The molecule has 3 amide bonds. The minimum absolute atomic E-state index is 0.0258. The third kappa shape index (κ3) is 3.44. The summed E-state index contributed by atoms with van der Waals surface area (Å²) in [5.41, 5.74) is 3.21. The monoisotopic (exact) mass is 317 g/mol. The van der Waals surface area contributed by atoms with Crippen LogP contribution >= 0.6 is 0 Å². The van der Waals surface area contributed by atoms with Gasteiger partial charge >= 0.3 is 0 Å². The highest BCUT2D eigenvalue weighted by Crippen LogP contribution is 2.31. The molecule has 0 saturated carbocycles. The molecule has 1 aromatic rings. The number of rotatable bonds is 5. The van der Waals surface area contributed by atoms with E-state index in [0.29, 0.717) is 31.7 Å². The summed E-state index contributed by atoms with van der Waals surface area (Å²) < 4.78 is 0. The molecule has 23 heavy (non-hydrogen) atoms. The van der Waals surface area contributed by atoms with Crippen LogP contribution in [0.25, 0.3) is 0 Å². The van der Waals surface area contributed by atoms with Gasteiger partial charge < -0.3 is 15.1 Å². The van der Waals surface area contributed by atoms with E-state index in [-0.39, 0.29) is 30.2 Å². The molecule has 2 N–H and O–H groups in total. The van der Waals surface area contributed by atoms with Gasteiger partial charge in [0.25, 0.3) is 5.91 Å². The zero-order valence-corrected chi connectivity index (χ0v) is 12.7. The van der Waals surface area contributed by atoms with E-state index in [4.69, 9.17) is 4.84 Å². The lowest BCUT2D eigenvalue weighted by atomic mass is 9.93. The Morgan fingerprint density at radius 2 is 2.17 bits per heavy atom. The Morgan fingerprint density at radius 1 is 1.35 bits per heavy atom. The summed E-state index contributed by atoms with van der Waals surface area (Å²) in [5.74, 6) is -0.105. The molecule has 1 aromatic carbocycles. The molecule has 2 heterocycles. The smallest absolute Gasteiger partial charge is 0.260 e. The number of carbonyl (C=O) groups is 3. The fraction of sp³-hybridized carbons (Fsp3) is 0.438. The molecular formula is C16H19N3O4. The van der Waals surface area contributed by atoms with Crippen LogP contribution in [0.15, 0.2) is 24.3 Å². The van der Waals surface area contributed by atoms with Gasteiger partial charge in [0.05, 0.1) is 12.5 Å². The minimum Gasteiger partial charge on any atom is -0.379 e. The number of fused-ring (bicyclic) bond motifs is 1. The predicted molar refractivity (Wildman–Crippen MR) is 81.4 cm³/mol. The first-order chi connectivity index (χ1) is 11.1. The summed E-state index contributed by atoms with van der Waals surface area (Å²) in [5, 5.41) is 2.78. The van der Waals surface area contributed by atoms with Gasteiger partial charge in [-0.05, 0) is 18.9 Å². The Hall–Kier alpha value is -2.57. The van der Waals surface area contributed by atoms with Crippen LogP contribution in [0.4, 0.5) is 0 Å². The van der Waals surface area contributed by atoms with E-state index in [1.807, 2.05) is 18.2 Å². The fourth-order valence-electron chi connectivity index (χ4n) is 2.92. The van der Waals surface area contributed by atoms with Crippen LogP contribution < -0.4 is 15.6 Å². The van der Waals surface area contributed by atoms with Crippen LogP contribution in [0, 0.1) is 0 Å².